The van der Waals surface area contributed by atoms with Gasteiger partial charge in [-0.2, -0.15) is 0 Å². The Balaban J connectivity index is 1.75. The smallest absolute Gasteiger partial charge is 0.255 e. The van der Waals surface area contributed by atoms with Crippen LogP contribution in [0.15, 0.2) is 48.5 Å². The minimum Gasteiger partial charge on any atom is -0.371 e. The van der Waals surface area contributed by atoms with Gasteiger partial charge in [0, 0.05) is 30.0 Å². The Labute approximate surface area is 125 Å². The lowest BCUT2D eigenvalue weighted by molar-refractivity contribution is 0.102. The molecule has 0 bridgehead atoms. The number of benzene rings is 2. The van der Waals surface area contributed by atoms with E-state index in [4.69, 9.17) is 6.92 Å². The van der Waals surface area contributed by atoms with E-state index in [9.17, 15) is 4.79 Å². The molecule has 0 unspecified atom stereocenters. The SMILES string of the molecule is [CH]c1cccc(C(=O)Nc2cccc(N3CCCC3)c2)c1. The summed E-state index contributed by atoms with van der Waals surface area (Å²) < 4.78 is 0. The normalized spacial score (nSPS) is 14.2. The molecule has 3 heteroatoms. The van der Waals surface area contributed by atoms with Crippen LogP contribution >= 0.6 is 0 Å². The average molecular weight is 278 g/mol. The molecule has 0 aliphatic carbocycles. The fraction of sp³-hybridized carbons (Fsp3) is 0.222. The van der Waals surface area contributed by atoms with Crippen LogP contribution in [0.2, 0.25) is 0 Å². The van der Waals surface area contributed by atoms with E-state index in [1.54, 1.807) is 24.3 Å². The molecule has 1 fully saturated rings. The summed E-state index contributed by atoms with van der Waals surface area (Å²) in [5.74, 6) is -0.138. The number of hydrogen-bond donors (Lipinski definition) is 1. The molecule has 106 valence electrons. The molecule has 1 saturated heterocycles. The monoisotopic (exact) mass is 278 g/mol. The predicted molar refractivity (Wildman–Crippen MR) is 85.7 cm³/mol. The van der Waals surface area contributed by atoms with Crippen LogP contribution in [0.3, 0.4) is 0 Å². The van der Waals surface area contributed by atoms with E-state index in [2.05, 4.69) is 16.3 Å². The van der Waals surface area contributed by atoms with Crippen molar-refractivity contribution in [2.24, 2.45) is 0 Å². The van der Waals surface area contributed by atoms with Crippen LogP contribution in [0.1, 0.15) is 28.8 Å². The first kappa shape index (κ1) is 13.7. The summed E-state index contributed by atoms with van der Waals surface area (Å²) in [5, 5.41) is 2.93. The lowest BCUT2D eigenvalue weighted by Gasteiger charge is -2.18. The molecule has 3 nitrogen and oxygen atoms in total. The zero-order chi connectivity index (χ0) is 14.7. The molecule has 2 aromatic carbocycles. The minimum atomic E-state index is -0.138. The molecule has 0 atom stereocenters. The van der Waals surface area contributed by atoms with Crippen LogP contribution in [0, 0.1) is 6.92 Å². The van der Waals surface area contributed by atoms with Crippen molar-refractivity contribution in [2.45, 2.75) is 12.8 Å². The van der Waals surface area contributed by atoms with E-state index in [1.807, 2.05) is 18.2 Å². The Bertz CT molecular complexity index is 645. The van der Waals surface area contributed by atoms with Gasteiger partial charge in [0.2, 0.25) is 0 Å². The number of nitrogens with one attached hydrogen (secondary N) is 1. The molecule has 3 rings (SSSR count). The number of carbonyl (C=O) groups excluding carboxylic acids is 1. The van der Waals surface area contributed by atoms with Crippen molar-refractivity contribution in [3.63, 3.8) is 0 Å². The third-order valence-corrected chi connectivity index (χ3v) is 3.72. The molecule has 2 radical (unpaired) electrons. The maximum atomic E-state index is 12.2. The summed E-state index contributed by atoms with van der Waals surface area (Å²) in [6.07, 6.45) is 2.47. The van der Waals surface area contributed by atoms with Gasteiger partial charge >= 0.3 is 0 Å². The Morgan fingerprint density at radius 1 is 1.05 bits per heavy atom. The fourth-order valence-corrected chi connectivity index (χ4v) is 2.64. The van der Waals surface area contributed by atoms with Crippen LogP contribution in [0.25, 0.3) is 0 Å². The summed E-state index contributed by atoms with van der Waals surface area (Å²) in [7, 11) is 0. The Morgan fingerprint density at radius 3 is 2.57 bits per heavy atom. The Morgan fingerprint density at radius 2 is 1.81 bits per heavy atom. The molecular weight excluding hydrogens is 260 g/mol. The van der Waals surface area contributed by atoms with Crippen molar-refractivity contribution in [2.75, 3.05) is 23.3 Å². The van der Waals surface area contributed by atoms with E-state index in [1.165, 1.54) is 12.8 Å². The van der Waals surface area contributed by atoms with Crippen molar-refractivity contribution in [1.82, 2.24) is 0 Å². The van der Waals surface area contributed by atoms with Gasteiger partial charge < -0.3 is 10.2 Å². The molecule has 21 heavy (non-hydrogen) atoms. The first-order chi connectivity index (χ1) is 10.2. The zero-order valence-electron chi connectivity index (χ0n) is 11.9. The molecule has 1 N–H and O–H groups in total. The molecule has 1 aliphatic heterocycles. The summed E-state index contributed by atoms with van der Waals surface area (Å²) in [4.78, 5) is 14.6. The van der Waals surface area contributed by atoms with E-state index in [0.717, 1.165) is 24.5 Å². The molecular formula is C18H18N2O. The van der Waals surface area contributed by atoms with Gasteiger partial charge in [-0.05, 0) is 55.7 Å². The van der Waals surface area contributed by atoms with Crippen LogP contribution in [0.4, 0.5) is 11.4 Å². The van der Waals surface area contributed by atoms with Gasteiger partial charge in [-0.15, -0.1) is 0 Å². The van der Waals surface area contributed by atoms with Gasteiger partial charge in [-0.25, -0.2) is 0 Å². The van der Waals surface area contributed by atoms with Crippen molar-refractivity contribution in [3.8, 4) is 0 Å². The van der Waals surface area contributed by atoms with Crippen LogP contribution in [-0.2, 0) is 0 Å². The molecule has 0 saturated carbocycles. The lowest BCUT2D eigenvalue weighted by Crippen LogP contribution is -2.18. The van der Waals surface area contributed by atoms with Gasteiger partial charge in [-0.3, -0.25) is 4.79 Å². The van der Waals surface area contributed by atoms with Crippen LogP contribution in [0.5, 0.6) is 0 Å². The van der Waals surface area contributed by atoms with Gasteiger partial charge in [0.1, 0.15) is 0 Å². The van der Waals surface area contributed by atoms with Crippen LogP contribution in [-0.4, -0.2) is 19.0 Å². The summed E-state index contributed by atoms with van der Waals surface area (Å²) in [6.45, 7) is 7.89. The standard InChI is InChI=1S/C18H18N2O/c1-14-6-4-7-15(12-14)18(21)19-16-8-5-9-17(13-16)20-10-2-3-11-20/h1,4-9,12-13H,2-3,10-11H2,(H,19,21). The first-order valence-corrected chi connectivity index (χ1v) is 7.24. The van der Waals surface area contributed by atoms with Gasteiger partial charge in [0.05, 0.1) is 0 Å². The molecule has 1 heterocycles. The van der Waals surface area contributed by atoms with Crippen molar-refractivity contribution >= 4 is 17.3 Å². The van der Waals surface area contributed by atoms with E-state index >= 15 is 0 Å². The maximum Gasteiger partial charge on any atom is 0.255 e. The molecule has 1 amide bonds. The van der Waals surface area contributed by atoms with E-state index in [0.29, 0.717) is 11.1 Å². The number of hydrogen-bond acceptors (Lipinski definition) is 2. The van der Waals surface area contributed by atoms with Gasteiger partial charge in [0.25, 0.3) is 5.91 Å². The van der Waals surface area contributed by atoms with E-state index in [-0.39, 0.29) is 5.91 Å². The molecule has 2 aromatic rings. The van der Waals surface area contributed by atoms with Gasteiger partial charge in [-0.1, -0.05) is 18.2 Å². The second-order valence-corrected chi connectivity index (χ2v) is 5.32. The second kappa shape index (κ2) is 6.00. The highest BCUT2D eigenvalue weighted by Crippen LogP contribution is 2.23. The topological polar surface area (TPSA) is 32.3 Å². The largest absolute Gasteiger partial charge is 0.371 e. The highest BCUT2D eigenvalue weighted by molar-refractivity contribution is 6.04. The summed E-state index contributed by atoms with van der Waals surface area (Å²) in [6, 6.07) is 15.0. The highest BCUT2D eigenvalue weighted by Gasteiger charge is 2.13. The number of anilines is 2. The fourth-order valence-electron chi connectivity index (χ4n) is 2.64. The highest BCUT2D eigenvalue weighted by atomic mass is 16.1. The Hall–Kier alpha value is -2.29. The second-order valence-electron chi connectivity index (χ2n) is 5.32. The number of amides is 1. The maximum absolute atomic E-state index is 12.2. The van der Waals surface area contributed by atoms with Crippen molar-refractivity contribution in [3.05, 3.63) is 66.6 Å². The molecule has 0 aromatic heterocycles. The molecule has 1 aliphatic rings. The summed E-state index contributed by atoms with van der Waals surface area (Å²) >= 11 is 0. The Kier molecular flexibility index (Phi) is 3.91. The summed E-state index contributed by atoms with van der Waals surface area (Å²) in [5.41, 5.74) is 3.14. The minimum absolute atomic E-state index is 0.138. The van der Waals surface area contributed by atoms with E-state index < -0.39 is 0 Å². The third-order valence-electron chi connectivity index (χ3n) is 3.72. The first-order valence-electron chi connectivity index (χ1n) is 7.24. The predicted octanol–water partition coefficient (Wildman–Crippen LogP) is 3.60. The van der Waals surface area contributed by atoms with Gasteiger partial charge in [0.15, 0.2) is 0 Å². The molecule has 0 spiro atoms. The zero-order valence-corrected chi connectivity index (χ0v) is 11.9. The van der Waals surface area contributed by atoms with Crippen LogP contribution < -0.4 is 10.2 Å². The quantitative estimate of drug-likeness (QED) is 0.930. The van der Waals surface area contributed by atoms with Crippen molar-refractivity contribution < 1.29 is 4.79 Å². The number of carbonyl (C=O) groups is 1. The lowest BCUT2D eigenvalue weighted by atomic mass is 10.1. The number of rotatable bonds is 3. The third kappa shape index (κ3) is 3.24. The number of nitrogens with zero attached hydrogens (tertiary/aromatic N) is 1. The van der Waals surface area contributed by atoms with Crippen molar-refractivity contribution in [1.29, 1.82) is 0 Å². The average Bonchev–Trinajstić information content (AvgIpc) is 3.02.